The second-order valence-corrected chi connectivity index (χ2v) is 7.25. The standard InChI is InChI=1S/C12H27N3O3S/c1-4-15-9-5-7-12(15)11-14(3)19(17,18)13(2)8-6-10-16/h12,16H,4-11H2,1-3H3. The largest absolute Gasteiger partial charge is 0.396 e. The molecule has 0 saturated carbocycles. The van der Waals surface area contributed by atoms with Crippen molar-refractivity contribution in [1.82, 2.24) is 13.5 Å². The molecule has 6 nitrogen and oxygen atoms in total. The van der Waals surface area contributed by atoms with Crippen molar-refractivity contribution in [3.8, 4) is 0 Å². The highest BCUT2D eigenvalue weighted by atomic mass is 32.2. The van der Waals surface area contributed by atoms with Gasteiger partial charge in [0, 0.05) is 39.8 Å². The zero-order valence-electron chi connectivity index (χ0n) is 12.2. The molecule has 1 unspecified atom stereocenters. The molecule has 0 bridgehead atoms. The van der Waals surface area contributed by atoms with Crippen LogP contribution in [-0.4, -0.2) is 80.0 Å². The molecule has 1 aliphatic heterocycles. The normalized spacial score (nSPS) is 21.7. The maximum absolute atomic E-state index is 12.3. The first kappa shape index (κ1) is 16.8. The van der Waals surface area contributed by atoms with Crippen LogP contribution in [0.4, 0.5) is 0 Å². The first-order valence-electron chi connectivity index (χ1n) is 6.96. The van der Waals surface area contributed by atoms with Crippen LogP contribution in [0.25, 0.3) is 0 Å². The van der Waals surface area contributed by atoms with E-state index in [1.54, 1.807) is 14.1 Å². The summed E-state index contributed by atoms with van der Waals surface area (Å²) in [5.41, 5.74) is 0. The van der Waals surface area contributed by atoms with Crippen molar-refractivity contribution in [1.29, 1.82) is 0 Å². The van der Waals surface area contributed by atoms with Gasteiger partial charge in [0.25, 0.3) is 10.2 Å². The predicted molar refractivity (Wildman–Crippen MR) is 76.2 cm³/mol. The summed E-state index contributed by atoms with van der Waals surface area (Å²) in [5.74, 6) is 0. The van der Waals surface area contributed by atoms with Gasteiger partial charge in [0.2, 0.25) is 0 Å². The SMILES string of the molecule is CCN1CCCC1CN(C)S(=O)(=O)N(C)CCCO. The van der Waals surface area contributed by atoms with Gasteiger partial charge in [0.15, 0.2) is 0 Å². The summed E-state index contributed by atoms with van der Waals surface area (Å²) in [6.45, 7) is 5.05. The minimum Gasteiger partial charge on any atom is -0.396 e. The molecule has 1 atom stereocenters. The molecule has 1 N–H and O–H groups in total. The number of nitrogens with zero attached hydrogens (tertiary/aromatic N) is 3. The maximum Gasteiger partial charge on any atom is 0.281 e. The number of likely N-dealkylation sites (tertiary alicyclic amines) is 1. The van der Waals surface area contributed by atoms with Crippen LogP contribution in [-0.2, 0) is 10.2 Å². The van der Waals surface area contributed by atoms with Crippen LogP contribution >= 0.6 is 0 Å². The van der Waals surface area contributed by atoms with Gasteiger partial charge in [-0.2, -0.15) is 17.0 Å². The van der Waals surface area contributed by atoms with Crippen LogP contribution in [0.3, 0.4) is 0 Å². The summed E-state index contributed by atoms with van der Waals surface area (Å²) < 4.78 is 27.3. The summed E-state index contributed by atoms with van der Waals surface area (Å²) in [4.78, 5) is 2.33. The molecular weight excluding hydrogens is 266 g/mol. The van der Waals surface area contributed by atoms with Crippen molar-refractivity contribution in [2.24, 2.45) is 0 Å². The van der Waals surface area contributed by atoms with E-state index in [-0.39, 0.29) is 6.61 Å². The van der Waals surface area contributed by atoms with Crippen LogP contribution < -0.4 is 0 Å². The lowest BCUT2D eigenvalue weighted by Crippen LogP contribution is -2.46. The molecule has 0 aromatic rings. The molecule has 1 aliphatic rings. The van der Waals surface area contributed by atoms with E-state index in [1.807, 2.05) is 0 Å². The van der Waals surface area contributed by atoms with Gasteiger partial charge in [-0.25, -0.2) is 0 Å². The fourth-order valence-corrected chi connectivity index (χ4v) is 3.75. The minimum atomic E-state index is -3.40. The fourth-order valence-electron chi connectivity index (χ4n) is 2.56. The summed E-state index contributed by atoms with van der Waals surface area (Å²) in [6, 6.07) is 0.330. The lowest BCUT2D eigenvalue weighted by molar-refractivity contribution is 0.231. The van der Waals surface area contributed by atoms with E-state index < -0.39 is 10.2 Å². The molecule has 0 aliphatic carbocycles. The first-order chi connectivity index (χ1) is 8.93. The van der Waals surface area contributed by atoms with Gasteiger partial charge in [-0.3, -0.25) is 4.90 Å². The van der Waals surface area contributed by atoms with E-state index in [0.717, 1.165) is 25.9 Å². The quantitative estimate of drug-likeness (QED) is 0.682. The molecule has 0 amide bonds. The van der Waals surface area contributed by atoms with E-state index in [9.17, 15) is 8.42 Å². The third-order valence-corrected chi connectivity index (χ3v) is 5.70. The van der Waals surface area contributed by atoms with E-state index >= 15 is 0 Å². The van der Waals surface area contributed by atoms with E-state index in [1.165, 1.54) is 8.61 Å². The molecule has 1 rings (SSSR count). The fraction of sp³-hybridized carbons (Fsp3) is 1.00. The van der Waals surface area contributed by atoms with Gasteiger partial charge in [0.1, 0.15) is 0 Å². The number of rotatable bonds is 8. The van der Waals surface area contributed by atoms with Crippen LogP contribution in [0.2, 0.25) is 0 Å². The van der Waals surface area contributed by atoms with Crippen molar-refractivity contribution in [3.05, 3.63) is 0 Å². The molecule has 0 aromatic heterocycles. The van der Waals surface area contributed by atoms with Gasteiger partial charge in [0.05, 0.1) is 0 Å². The van der Waals surface area contributed by atoms with E-state index in [2.05, 4.69) is 11.8 Å². The van der Waals surface area contributed by atoms with Gasteiger partial charge in [-0.15, -0.1) is 0 Å². The molecule has 0 aromatic carbocycles. The Kier molecular flexibility index (Phi) is 6.68. The molecule has 0 radical (unpaired) electrons. The number of hydrogen-bond acceptors (Lipinski definition) is 4. The Morgan fingerprint density at radius 2 is 2.00 bits per heavy atom. The summed E-state index contributed by atoms with van der Waals surface area (Å²) in [5, 5.41) is 8.77. The summed E-state index contributed by atoms with van der Waals surface area (Å²) in [6.07, 6.45) is 2.68. The molecule has 1 fully saturated rings. The average Bonchev–Trinajstić information content (AvgIpc) is 2.82. The maximum atomic E-state index is 12.3. The minimum absolute atomic E-state index is 0.00973. The van der Waals surface area contributed by atoms with Crippen molar-refractivity contribution in [2.75, 3.05) is 46.9 Å². The van der Waals surface area contributed by atoms with Crippen LogP contribution in [0, 0.1) is 0 Å². The number of hydrogen-bond donors (Lipinski definition) is 1. The third-order valence-electron chi connectivity index (χ3n) is 3.79. The van der Waals surface area contributed by atoms with Crippen molar-refractivity contribution < 1.29 is 13.5 Å². The number of aliphatic hydroxyl groups is 1. The molecule has 7 heteroatoms. The third kappa shape index (κ3) is 4.39. The molecule has 1 saturated heterocycles. The highest BCUT2D eigenvalue weighted by molar-refractivity contribution is 7.86. The zero-order chi connectivity index (χ0) is 14.5. The Hall–Kier alpha value is -0.210. The van der Waals surface area contributed by atoms with Crippen molar-refractivity contribution in [2.45, 2.75) is 32.2 Å². The van der Waals surface area contributed by atoms with Gasteiger partial charge in [-0.1, -0.05) is 6.92 Å². The Morgan fingerprint density at radius 1 is 1.32 bits per heavy atom. The number of likely N-dealkylation sites (N-methyl/N-ethyl adjacent to an activating group) is 2. The summed E-state index contributed by atoms with van der Waals surface area (Å²) in [7, 11) is -0.202. The van der Waals surface area contributed by atoms with Crippen LogP contribution in [0.15, 0.2) is 0 Å². The van der Waals surface area contributed by atoms with Gasteiger partial charge >= 0.3 is 0 Å². The van der Waals surface area contributed by atoms with Crippen LogP contribution in [0.5, 0.6) is 0 Å². The summed E-state index contributed by atoms with van der Waals surface area (Å²) >= 11 is 0. The smallest absolute Gasteiger partial charge is 0.281 e. The first-order valence-corrected chi connectivity index (χ1v) is 8.35. The molecule has 19 heavy (non-hydrogen) atoms. The average molecular weight is 293 g/mol. The zero-order valence-corrected chi connectivity index (χ0v) is 13.1. The highest BCUT2D eigenvalue weighted by Gasteiger charge is 2.30. The molecule has 0 spiro atoms. The van der Waals surface area contributed by atoms with E-state index in [0.29, 0.717) is 25.6 Å². The van der Waals surface area contributed by atoms with Gasteiger partial charge < -0.3 is 5.11 Å². The Balaban J connectivity index is 2.58. The highest BCUT2D eigenvalue weighted by Crippen LogP contribution is 2.18. The predicted octanol–water partition coefficient (Wildman–Crippen LogP) is -0.0385. The van der Waals surface area contributed by atoms with Crippen molar-refractivity contribution in [3.63, 3.8) is 0 Å². The number of aliphatic hydroxyl groups excluding tert-OH is 1. The molecule has 1 heterocycles. The molecule has 114 valence electrons. The Bertz CT molecular complexity index is 361. The molecular formula is C12H27N3O3S. The van der Waals surface area contributed by atoms with Crippen LogP contribution in [0.1, 0.15) is 26.2 Å². The second-order valence-electron chi connectivity index (χ2n) is 5.11. The topological polar surface area (TPSA) is 64.1 Å². The van der Waals surface area contributed by atoms with Gasteiger partial charge in [-0.05, 0) is 32.4 Å². The second kappa shape index (κ2) is 7.54. The van der Waals surface area contributed by atoms with E-state index in [4.69, 9.17) is 5.11 Å². The Morgan fingerprint density at radius 3 is 2.58 bits per heavy atom. The lowest BCUT2D eigenvalue weighted by atomic mass is 10.2. The monoisotopic (exact) mass is 293 g/mol. The van der Waals surface area contributed by atoms with Crippen molar-refractivity contribution >= 4 is 10.2 Å². The lowest BCUT2D eigenvalue weighted by Gasteiger charge is -2.29. The Labute approximate surface area is 117 Å².